The number of thiophene rings is 1. The van der Waals surface area contributed by atoms with Crippen molar-refractivity contribution in [3.05, 3.63) is 46.6 Å². The van der Waals surface area contributed by atoms with E-state index >= 15 is 0 Å². The normalized spacial score (nSPS) is 16.9. The van der Waals surface area contributed by atoms with Crippen molar-refractivity contribution in [2.24, 2.45) is 11.3 Å². The number of anilines is 2. The smallest absolute Gasteiger partial charge is 0.142 e. The van der Waals surface area contributed by atoms with Crippen LogP contribution >= 0.6 is 11.3 Å². The van der Waals surface area contributed by atoms with E-state index in [-0.39, 0.29) is 0 Å². The maximum absolute atomic E-state index is 9.11. The number of hydrogen-bond acceptors (Lipinski definition) is 5. The van der Waals surface area contributed by atoms with E-state index in [1.807, 2.05) is 29.5 Å². The monoisotopic (exact) mass is 362 g/mol. The molecule has 26 heavy (non-hydrogen) atoms. The number of aromatic nitrogens is 2. The van der Waals surface area contributed by atoms with Gasteiger partial charge in [-0.25, -0.2) is 9.97 Å². The van der Waals surface area contributed by atoms with E-state index in [1.54, 1.807) is 12.4 Å². The third-order valence-corrected chi connectivity index (χ3v) is 6.49. The summed E-state index contributed by atoms with van der Waals surface area (Å²) in [6.45, 7) is 7.01. The second kappa shape index (κ2) is 6.37. The molecule has 5 heteroatoms. The summed E-state index contributed by atoms with van der Waals surface area (Å²) < 4.78 is 0. The van der Waals surface area contributed by atoms with Crippen LogP contribution in [0.4, 0.5) is 11.5 Å². The quantitative estimate of drug-likeness (QED) is 0.658. The zero-order valence-electron chi connectivity index (χ0n) is 15.3. The largest absolute Gasteiger partial charge is 0.340 e. The van der Waals surface area contributed by atoms with Crippen molar-refractivity contribution >= 4 is 33.1 Å². The van der Waals surface area contributed by atoms with Gasteiger partial charge >= 0.3 is 0 Å². The van der Waals surface area contributed by atoms with Gasteiger partial charge in [-0.15, -0.1) is 11.3 Å². The second-order valence-corrected chi connectivity index (χ2v) is 9.11. The number of rotatable bonds is 2. The van der Waals surface area contributed by atoms with Gasteiger partial charge in [-0.05, 0) is 54.4 Å². The van der Waals surface area contributed by atoms with E-state index in [9.17, 15) is 0 Å². The first-order valence-electron chi connectivity index (χ1n) is 8.98. The average Bonchev–Trinajstić information content (AvgIpc) is 3.00. The van der Waals surface area contributed by atoms with Crippen molar-refractivity contribution in [2.45, 2.75) is 40.0 Å². The Bertz CT molecular complexity index is 1010. The Morgan fingerprint density at radius 1 is 1.27 bits per heavy atom. The molecule has 1 atom stereocenters. The third kappa shape index (κ3) is 3.06. The molecule has 0 saturated heterocycles. The molecule has 1 unspecified atom stereocenters. The van der Waals surface area contributed by atoms with Gasteiger partial charge in [0.15, 0.2) is 0 Å². The maximum atomic E-state index is 9.11. The molecule has 4 rings (SSSR count). The molecule has 2 heterocycles. The van der Waals surface area contributed by atoms with E-state index in [2.05, 4.69) is 42.1 Å². The highest BCUT2D eigenvalue weighted by molar-refractivity contribution is 7.19. The summed E-state index contributed by atoms with van der Waals surface area (Å²) in [5.74, 6) is 1.55. The summed E-state index contributed by atoms with van der Waals surface area (Å²) in [4.78, 5) is 11.5. The van der Waals surface area contributed by atoms with Crippen LogP contribution in [0.5, 0.6) is 0 Å². The highest BCUT2D eigenvalue weighted by Gasteiger charge is 2.31. The lowest BCUT2D eigenvalue weighted by molar-refractivity contribution is 0.218. The Kier molecular flexibility index (Phi) is 4.16. The number of nitrogens with zero attached hydrogens (tertiary/aromatic N) is 3. The number of nitriles is 1. The van der Waals surface area contributed by atoms with Crippen molar-refractivity contribution in [3.8, 4) is 6.07 Å². The summed E-state index contributed by atoms with van der Waals surface area (Å²) in [5.41, 5.74) is 3.26. The zero-order chi connectivity index (χ0) is 18.3. The molecule has 1 N–H and O–H groups in total. The van der Waals surface area contributed by atoms with Crippen LogP contribution in [-0.4, -0.2) is 9.97 Å². The van der Waals surface area contributed by atoms with Crippen LogP contribution in [0.3, 0.4) is 0 Å². The minimum absolute atomic E-state index is 0.332. The Labute approximate surface area is 157 Å². The van der Waals surface area contributed by atoms with Crippen LogP contribution in [-0.2, 0) is 12.8 Å². The lowest BCUT2D eigenvalue weighted by Gasteiger charge is -2.33. The topological polar surface area (TPSA) is 61.6 Å². The number of benzene rings is 1. The van der Waals surface area contributed by atoms with E-state index in [0.717, 1.165) is 34.6 Å². The van der Waals surface area contributed by atoms with Crippen molar-refractivity contribution in [1.29, 1.82) is 5.26 Å². The molecule has 0 saturated carbocycles. The second-order valence-electron chi connectivity index (χ2n) is 8.03. The van der Waals surface area contributed by atoms with Crippen LogP contribution < -0.4 is 5.32 Å². The van der Waals surface area contributed by atoms with E-state index < -0.39 is 0 Å². The molecule has 132 valence electrons. The Morgan fingerprint density at radius 3 is 2.88 bits per heavy atom. The predicted molar refractivity (Wildman–Crippen MR) is 107 cm³/mol. The van der Waals surface area contributed by atoms with Gasteiger partial charge in [-0.1, -0.05) is 26.8 Å². The van der Waals surface area contributed by atoms with Crippen LogP contribution in [0.2, 0.25) is 0 Å². The fraction of sp³-hybridized carbons (Fsp3) is 0.381. The standard InChI is InChI=1S/C21H22N4S/c1-21(2,3)14-7-8-16-17(10-14)26-20-18(16)19(23-12-24-20)25-15-6-4-5-13(9-15)11-22/h4-6,9,12,14H,7-8,10H2,1-3H3,(H,23,24,25). The molecule has 1 aliphatic carbocycles. The molecule has 0 aliphatic heterocycles. The average molecular weight is 363 g/mol. The lowest BCUT2D eigenvalue weighted by atomic mass is 9.72. The minimum atomic E-state index is 0.332. The molecule has 0 amide bonds. The zero-order valence-corrected chi connectivity index (χ0v) is 16.2. The van der Waals surface area contributed by atoms with Crippen LogP contribution in [0.1, 0.15) is 43.2 Å². The minimum Gasteiger partial charge on any atom is -0.340 e. The number of aryl methyl sites for hydroxylation is 1. The van der Waals surface area contributed by atoms with Gasteiger partial charge in [0.05, 0.1) is 17.0 Å². The molecule has 2 aromatic heterocycles. The molecular formula is C21H22N4S. The fourth-order valence-corrected chi connectivity index (χ4v) is 5.01. The Morgan fingerprint density at radius 2 is 2.12 bits per heavy atom. The first-order valence-corrected chi connectivity index (χ1v) is 9.80. The molecule has 3 aromatic rings. The lowest BCUT2D eigenvalue weighted by Crippen LogP contribution is -2.26. The summed E-state index contributed by atoms with van der Waals surface area (Å²) >= 11 is 1.81. The van der Waals surface area contributed by atoms with Crippen molar-refractivity contribution in [3.63, 3.8) is 0 Å². The molecule has 4 nitrogen and oxygen atoms in total. The summed E-state index contributed by atoms with van der Waals surface area (Å²) in [7, 11) is 0. The van der Waals surface area contributed by atoms with Crippen LogP contribution in [0.25, 0.3) is 10.2 Å². The van der Waals surface area contributed by atoms with Gasteiger partial charge in [-0.2, -0.15) is 5.26 Å². The van der Waals surface area contributed by atoms with Crippen molar-refractivity contribution in [1.82, 2.24) is 9.97 Å². The number of hydrogen-bond donors (Lipinski definition) is 1. The summed E-state index contributed by atoms with van der Waals surface area (Å²) in [6.07, 6.45) is 5.05. The highest BCUT2D eigenvalue weighted by atomic mass is 32.1. The fourth-order valence-electron chi connectivity index (χ4n) is 3.75. The highest BCUT2D eigenvalue weighted by Crippen LogP contribution is 2.44. The van der Waals surface area contributed by atoms with E-state index in [4.69, 9.17) is 5.26 Å². The molecule has 1 aliphatic rings. The molecule has 0 radical (unpaired) electrons. The van der Waals surface area contributed by atoms with Gasteiger partial charge in [0.1, 0.15) is 17.0 Å². The van der Waals surface area contributed by atoms with E-state index in [0.29, 0.717) is 16.9 Å². The Hall–Kier alpha value is -2.45. The number of fused-ring (bicyclic) bond motifs is 3. The van der Waals surface area contributed by atoms with Crippen LogP contribution in [0, 0.1) is 22.7 Å². The molecule has 0 spiro atoms. The van der Waals surface area contributed by atoms with Gasteiger partial charge in [-0.3, -0.25) is 0 Å². The van der Waals surface area contributed by atoms with Gasteiger partial charge in [0.25, 0.3) is 0 Å². The van der Waals surface area contributed by atoms with Gasteiger partial charge in [0.2, 0.25) is 0 Å². The summed E-state index contributed by atoms with van der Waals surface area (Å²) in [5, 5.41) is 13.7. The molecule has 1 aromatic carbocycles. The number of nitrogens with one attached hydrogen (secondary N) is 1. The van der Waals surface area contributed by atoms with E-state index in [1.165, 1.54) is 16.9 Å². The van der Waals surface area contributed by atoms with Gasteiger partial charge in [0, 0.05) is 10.6 Å². The SMILES string of the molecule is CC(C)(C)C1CCc2c(sc3ncnc(Nc4cccc(C#N)c4)c23)C1. The molecule has 0 bridgehead atoms. The maximum Gasteiger partial charge on any atom is 0.142 e. The Balaban J connectivity index is 1.74. The summed E-state index contributed by atoms with van der Waals surface area (Å²) in [6, 6.07) is 9.69. The molecule has 0 fully saturated rings. The van der Waals surface area contributed by atoms with Crippen molar-refractivity contribution in [2.75, 3.05) is 5.32 Å². The first kappa shape index (κ1) is 17.0. The molecular weight excluding hydrogens is 340 g/mol. The van der Waals surface area contributed by atoms with Crippen LogP contribution in [0.15, 0.2) is 30.6 Å². The first-order chi connectivity index (χ1) is 12.5. The third-order valence-electron chi connectivity index (χ3n) is 5.32. The van der Waals surface area contributed by atoms with Gasteiger partial charge < -0.3 is 5.32 Å². The predicted octanol–water partition coefficient (Wildman–Crippen LogP) is 5.46. The van der Waals surface area contributed by atoms with Crippen molar-refractivity contribution < 1.29 is 0 Å².